The zero-order valence-corrected chi connectivity index (χ0v) is 49.8. The molecule has 0 radical (unpaired) electrons. The second-order valence-corrected chi connectivity index (χ2v) is 22.1. The summed E-state index contributed by atoms with van der Waals surface area (Å²) < 4.78 is 44.4. The summed E-state index contributed by atoms with van der Waals surface area (Å²) in [5, 5.41) is 105. The Bertz CT molecular complexity index is 3020. The zero-order chi connectivity index (χ0) is 61.9. The van der Waals surface area contributed by atoms with E-state index in [0.717, 1.165) is 50.5 Å². The number of anilines is 1. The van der Waals surface area contributed by atoms with E-state index < -0.39 is 199 Å². The number of carbonyl (C=O) groups excluding carboxylic acids is 8. The van der Waals surface area contributed by atoms with Gasteiger partial charge in [0.15, 0.2) is 11.5 Å². The van der Waals surface area contributed by atoms with Gasteiger partial charge in [-0.1, -0.05) is 57.7 Å². The van der Waals surface area contributed by atoms with Gasteiger partial charge in [-0.15, -0.1) is 0 Å². The van der Waals surface area contributed by atoms with Crippen LogP contribution in [0.5, 0.6) is 17.2 Å². The molecule has 3 aromatic rings. The van der Waals surface area contributed by atoms with Crippen LogP contribution in [0.4, 0.5) is 10.5 Å². The fourth-order valence-corrected chi connectivity index (χ4v) is 10.4. The molecule has 3 fully saturated rings. The summed E-state index contributed by atoms with van der Waals surface area (Å²) in [6, 6.07) is -1.17. The van der Waals surface area contributed by atoms with Crippen LogP contribution in [0.15, 0.2) is 54.6 Å². The number of ether oxygens (including phenoxy) is 1. The Morgan fingerprint density at radius 3 is 2.11 bits per heavy atom. The van der Waals surface area contributed by atoms with Gasteiger partial charge < -0.3 is 102 Å². The van der Waals surface area contributed by atoms with Crippen LogP contribution >= 0.6 is 0 Å². The number of aliphatic hydroxyl groups is 7. The molecule has 0 aliphatic carbocycles. The van der Waals surface area contributed by atoms with Gasteiger partial charge in [-0.3, -0.25) is 33.6 Å². The third-order valence-electron chi connectivity index (χ3n) is 14.5. The van der Waals surface area contributed by atoms with Crippen molar-refractivity contribution in [3.8, 4) is 17.2 Å². The van der Waals surface area contributed by atoms with E-state index in [-0.39, 0.29) is 35.2 Å². The van der Waals surface area contributed by atoms with Crippen molar-refractivity contribution >= 4 is 74.2 Å². The van der Waals surface area contributed by atoms with Crippen LogP contribution in [-0.4, -0.2) is 210 Å². The van der Waals surface area contributed by atoms with E-state index in [9.17, 15) is 92.2 Å². The number of hydrogen-bond donors (Lipinski definition) is 15. The van der Waals surface area contributed by atoms with E-state index in [2.05, 4.69) is 43.0 Å². The Hall–Kier alpha value is -6.49. The Kier molecular flexibility index (Phi) is 25.0. The van der Waals surface area contributed by atoms with Crippen molar-refractivity contribution in [3.63, 3.8) is 0 Å². The van der Waals surface area contributed by atoms with Gasteiger partial charge in [0.25, 0.3) is 10.4 Å². The molecule has 32 heteroatoms. The molecule has 3 heterocycles. The second-order valence-electron chi connectivity index (χ2n) is 21.2. The van der Waals surface area contributed by atoms with Crippen molar-refractivity contribution < 1.29 is 131 Å². The summed E-state index contributed by atoms with van der Waals surface area (Å²) in [4.78, 5) is 114. The predicted molar refractivity (Wildman–Crippen MR) is 291 cm³/mol. The molecule has 3 saturated heterocycles. The number of β-amino-alcohol motifs (C(OH)–C–C–N with tert-alkyl or cyclic N) is 1. The maximum absolute atomic E-state index is 14.6. The first-order chi connectivity index (χ1) is 39.6. The van der Waals surface area contributed by atoms with Gasteiger partial charge in [-0.05, 0) is 66.1 Å². The number of carbonyl (C=O) groups is 8. The molecule has 0 saturated carbocycles. The van der Waals surface area contributed by atoms with Gasteiger partial charge in [-0.2, -0.15) is 0 Å². The Balaban J connectivity index is 0.0000132. The standard InChI is InChI=1S/C53H73N9O21S.Na/c1-4-5-6-7-8-15-82-33-13-10-27-16-30(12-9-28(27)17-33)56-53(78)57-34-19-31(64)22-55-50(75)43-44(69)25(2)23-62(43)52(77)41(37(67)21-39(54)68)59-49(74)42(46(71)45(70)29-11-14-36(66)38(18-29)83-84(79,80)81)60-48(73)35-20-32(65)24-61(35)51(76)40(26(3)63)58-47(34)72;/h9-14,16-18,25-26,31-32,34-35,37,40-46,63-67,69-71H,4-8,15,19-24H2,1-3H3,(H2,54,68)(H,55,75)(H,58,72)(H,59,74)(H,60,73)(H2,56,57,78)(H,79,80,81);/q;+1/p-1/t25-,26+,31+,32+,34-,35?,37+,40?,41?,42?,43?,44-,45-,46-;/m0./s1. The van der Waals surface area contributed by atoms with E-state index in [4.69, 9.17) is 10.5 Å². The molecule has 0 aromatic heterocycles. The molecule has 3 aromatic carbocycles. The molecular formula is C53H72N9NaO21S. The van der Waals surface area contributed by atoms with Gasteiger partial charge in [0.2, 0.25) is 41.4 Å². The fraction of sp³-hybridized carbons (Fsp3) is 0.547. The van der Waals surface area contributed by atoms with Crippen LogP contribution in [-0.2, 0) is 44.0 Å². The quantitative estimate of drug-likeness (QED) is 0.0244. The number of nitrogens with zero attached hydrogens (tertiary/aromatic N) is 2. The zero-order valence-electron chi connectivity index (χ0n) is 47.0. The van der Waals surface area contributed by atoms with Crippen molar-refractivity contribution in [2.45, 2.75) is 151 Å². The summed E-state index contributed by atoms with van der Waals surface area (Å²) in [5.41, 5.74) is 4.99. The molecule has 9 amide bonds. The van der Waals surface area contributed by atoms with Gasteiger partial charge >= 0.3 is 35.6 Å². The van der Waals surface area contributed by atoms with Crippen molar-refractivity contribution in [2.24, 2.45) is 11.7 Å². The van der Waals surface area contributed by atoms with Crippen LogP contribution in [0.3, 0.4) is 0 Å². The Labute approximate surface area is 510 Å². The summed E-state index contributed by atoms with van der Waals surface area (Å²) in [6.07, 6.45) is -11.4. The van der Waals surface area contributed by atoms with Crippen LogP contribution in [0.2, 0.25) is 0 Å². The minimum absolute atomic E-state index is 0. The first-order valence-electron chi connectivity index (χ1n) is 27.1. The van der Waals surface area contributed by atoms with Crippen molar-refractivity contribution in [1.29, 1.82) is 0 Å². The molecular weight excluding hydrogens is 1150 g/mol. The minimum atomic E-state index is -5.58. The first-order valence-corrected chi connectivity index (χ1v) is 28.5. The largest absolute Gasteiger partial charge is 1.00 e. The van der Waals surface area contributed by atoms with Gasteiger partial charge in [0.1, 0.15) is 54.2 Å². The van der Waals surface area contributed by atoms with E-state index in [1.165, 1.54) is 6.92 Å². The molecule has 14 atom stereocenters. The molecule has 5 unspecified atom stereocenters. The number of aromatic hydroxyl groups is 1. The fourth-order valence-electron chi connectivity index (χ4n) is 10.1. The van der Waals surface area contributed by atoms with Gasteiger partial charge in [0, 0.05) is 44.1 Å². The maximum Gasteiger partial charge on any atom is 1.00 e. The summed E-state index contributed by atoms with van der Waals surface area (Å²) in [5.74, 6) is -11.7. The number of fused-ring (bicyclic) bond motifs is 3. The number of nitrogens with two attached hydrogens (primary N) is 1. The SMILES string of the molecule is CCCCCCCOc1ccc2cc(NC(=O)N[C@H]3C[C@@H](O)CNC(=O)C4[C@@H](O)[C@@H](C)CN4C(=O)C([C@H](O)CC(N)=O)NC(=O)C([C@H](O)[C@@H](O)c4ccc(O)c(OS(=O)(=O)[O-])c4)NC(=O)C4C[C@@H](O)CN4C(=O)C([C@@H](C)O)NC3=O)ccc2c1.[Na+]. The predicted octanol–water partition coefficient (Wildman–Crippen LogP) is -6.56. The minimum Gasteiger partial charge on any atom is -0.716 e. The average Bonchev–Trinajstić information content (AvgIpc) is 2.91. The third-order valence-corrected chi connectivity index (χ3v) is 14.9. The van der Waals surface area contributed by atoms with Gasteiger partial charge in [0.05, 0.1) is 43.5 Å². The number of rotatable bonds is 18. The number of benzene rings is 3. The number of amides is 9. The van der Waals surface area contributed by atoms with E-state index in [1.54, 1.807) is 30.3 Å². The molecule has 462 valence electrons. The number of primary amides is 1. The Morgan fingerprint density at radius 1 is 0.788 bits per heavy atom. The van der Waals surface area contributed by atoms with E-state index in [1.807, 2.05) is 6.07 Å². The molecule has 3 aliphatic heterocycles. The number of aliphatic hydroxyl groups excluding tert-OH is 7. The molecule has 85 heavy (non-hydrogen) atoms. The van der Waals surface area contributed by atoms with Crippen LogP contribution < -0.4 is 76.1 Å². The van der Waals surface area contributed by atoms with Crippen molar-refractivity contribution in [1.82, 2.24) is 36.4 Å². The van der Waals surface area contributed by atoms with E-state index in [0.29, 0.717) is 39.7 Å². The maximum atomic E-state index is 14.6. The molecule has 3 aliphatic rings. The van der Waals surface area contributed by atoms with Crippen LogP contribution in [0.1, 0.15) is 83.8 Å². The second kappa shape index (κ2) is 30.7. The van der Waals surface area contributed by atoms with Crippen LogP contribution in [0.25, 0.3) is 10.8 Å². The molecule has 0 spiro atoms. The summed E-state index contributed by atoms with van der Waals surface area (Å²) in [6.45, 7) is 3.21. The third kappa shape index (κ3) is 18.5. The topological polar surface area (TPSA) is 479 Å². The van der Waals surface area contributed by atoms with Crippen molar-refractivity contribution in [2.75, 3.05) is 31.6 Å². The van der Waals surface area contributed by atoms with E-state index >= 15 is 0 Å². The number of urea groups is 1. The van der Waals surface area contributed by atoms with Gasteiger partial charge in [-0.25, -0.2) is 13.2 Å². The number of hydrogen-bond acceptors (Lipinski definition) is 21. The van der Waals surface area contributed by atoms with Crippen molar-refractivity contribution in [3.05, 3.63) is 60.2 Å². The van der Waals surface area contributed by atoms with Crippen LogP contribution in [0, 0.1) is 5.92 Å². The number of phenolic OH excluding ortho intramolecular Hbond substituents is 1. The first kappa shape index (κ1) is 69.3. The molecule has 6 rings (SSSR count). The average molecular weight is 1230 g/mol. The number of nitrogens with one attached hydrogen (secondary N) is 6. The number of unbranched alkanes of at least 4 members (excludes halogenated alkanes) is 4. The normalized spacial score (nSPS) is 26.2. The summed E-state index contributed by atoms with van der Waals surface area (Å²) in [7, 11) is -5.58. The Morgan fingerprint density at radius 2 is 1.44 bits per heavy atom. The summed E-state index contributed by atoms with van der Waals surface area (Å²) >= 11 is 0. The number of phenols is 1. The molecule has 16 N–H and O–H groups in total. The monoisotopic (exact) mass is 1230 g/mol. The smallest absolute Gasteiger partial charge is 0.716 e. The molecule has 0 bridgehead atoms. The molecule has 30 nitrogen and oxygen atoms in total.